The van der Waals surface area contributed by atoms with E-state index in [2.05, 4.69) is 53.8 Å². The largest absolute Gasteiger partial charge is 0.303 e. The monoisotopic (exact) mass is 377 g/mol. The van der Waals surface area contributed by atoms with E-state index >= 15 is 0 Å². The molecule has 0 heterocycles. The van der Waals surface area contributed by atoms with E-state index in [1.54, 1.807) is 6.07 Å². The molecule has 0 spiro atoms. The molecule has 0 aromatic heterocycles. The number of benzene rings is 3. The van der Waals surface area contributed by atoms with E-state index in [-0.39, 0.29) is 12.0 Å². The minimum Gasteiger partial charge on any atom is -0.303 e. The van der Waals surface area contributed by atoms with Crippen molar-refractivity contribution in [2.75, 3.05) is 0 Å². The van der Waals surface area contributed by atoms with Gasteiger partial charge in [0.1, 0.15) is 11.6 Å². The summed E-state index contributed by atoms with van der Waals surface area (Å²) in [4.78, 5) is 0. The third kappa shape index (κ3) is 4.31. The summed E-state index contributed by atoms with van der Waals surface area (Å²) in [5, 5.41) is 3.83. The summed E-state index contributed by atoms with van der Waals surface area (Å²) in [6, 6.07) is 25.5. The highest BCUT2D eigenvalue weighted by Gasteiger charge is 2.26. The highest BCUT2D eigenvalue weighted by molar-refractivity contribution is 5.32. The van der Waals surface area contributed by atoms with E-state index in [4.69, 9.17) is 0 Å². The molecule has 0 atom stereocenters. The Morgan fingerprint density at radius 3 is 1.82 bits per heavy atom. The van der Waals surface area contributed by atoms with Crippen LogP contribution in [0.5, 0.6) is 0 Å². The SMILES string of the molecule is Fc1ccc(C2CCC(NC(c3ccccc3)c3ccccc3)CC2)c(F)c1. The number of hydrogen-bond donors (Lipinski definition) is 1. The first-order valence-electron chi connectivity index (χ1n) is 10.0. The first-order chi connectivity index (χ1) is 13.7. The minimum absolute atomic E-state index is 0.145. The normalized spacial score (nSPS) is 19.7. The smallest absolute Gasteiger partial charge is 0.129 e. The first-order valence-corrected chi connectivity index (χ1v) is 10.0. The van der Waals surface area contributed by atoms with Gasteiger partial charge in [0.15, 0.2) is 0 Å². The van der Waals surface area contributed by atoms with E-state index in [9.17, 15) is 8.78 Å². The van der Waals surface area contributed by atoms with Crippen LogP contribution in [-0.4, -0.2) is 6.04 Å². The topological polar surface area (TPSA) is 12.0 Å². The summed E-state index contributed by atoms with van der Waals surface area (Å²) in [6.07, 6.45) is 3.79. The van der Waals surface area contributed by atoms with Gasteiger partial charge in [0.25, 0.3) is 0 Å². The molecular formula is C25H25F2N. The molecule has 144 valence electrons. The molecule has 0 saturated heterocycles. The van der Waals surface area contributed by atoms with Gasteiger partial charge in [-0.15, -0.1) is 0 Å². The van der Waals surface area contributed by atoms with Crippen LogP contribution < -0.4 is 5.32 Å². The molecule has 28 heavy (non-hydrogen) atoms. The second-order valence-electron chi connectivity index (χ2n) is 7.64. The fourth-order valence-corrected chi connectivity index (χ4v) is 4.32. The van der Waals surface area contributed by atoms with Crippen LogP contribution in [0.25, 0.3) is 0 Å². The van der Waals surface area contributed by atoms with Crippen LogP contribution in [0.2, 0.25) is 0 Å². The predicted octanol–water partition coefficient (Wildman–Crippen LogP) is 6.37. The third-order valence-corrected chi connectivity index (χ3v) is 5.80. The molecular weight excluding hydrogens is 352 g/mol. The lowest BCUT2D eigenvalue weighted by atomic mass is 9.81. The quantitative estimate of drug-likeness (QED) is 0.545. The molecule has 1 N–H and O–H groups in total. The average molecular weight is 377 g/mol. The second-order valence-corrected chi connectivity index (χ2v) is 7.64. The van der Waals surface area contributed by atoms with Gasteiger partial charge >= 0.3 is 0 Å². The summed E-state index contributed by atoms with van der Waals surface area (Å²) in [6.45, 7) is 0. The van der Waals surface area contributed by atoms with Crippen molar-refractivity contribution in [3.05, 3.63) is 107 Å². The Bertz CT molecular complexity index is 847. The molecule has 0 radical (unpaired) electrons. The van der Waals surface area contributed by atoms with Crippen LogP contribution in [0.1, 0.15) is 54.3 Å². The van der Waals surface area contributed by atoms with Gasteiger partial charge in [0.05, 0.1) is 6.04 Å². The lowest BCUT2D eigenvalue weighted by Crippen LogP contribution is -2.36. The van der Waals surface area contributed by atoms with E-state index in [0.717, 1.165) is 31.7 Å². The van der Waals surface area contributed by atoms with Crippen LogP contribution in [0.3, 0.4) is 0 Å². The average Bonchev–Trinajstić information content (AvgIpc) is 2.74. The molecule has 1 nitrogen and oxygen atoms in total. The molecule has 0 aliphatic heterocycles. The van der Waals surface area contributed by atoms with Crippen molar-refractivity contribution in [2.45, 2.75) is 43.7 Å². The summed E-state index contributed by atoms with van der Waals surface area (Å²) < 4.78 is 27.3. The van der Waals surface area contributed by atoms with Crippen LogP contribution in [0.15, 0.2) is 78.9 Å². The number of nitrogens with one attached hydrogen (secondary N) is 1. The van der Waals surface area contributed by atoms with Crippen LogP contribution in [-0.2, 0) is 0 Å². The van der Waals surface area contributed by atoms with Crippen molar-refractivity contribution < 1.29 is 8.78 Å². The Hall–Kier alpha value is -2.52. The van der Waals surface area contributed by atoms with Crippen molar-refractivity contribution in [3.63, 3.8) is 0 Å². The lowest BCUT2D eigenvalue weighted by molar-refractivity contribution is 0.323. The van der Waals surface area contributed by atoms with Gasteiger partial charge in [0.2, 0.25) is 0 Å². The Balaban J connectivity index is 1.46. The van der Waals surface area contributed by atoms with Crippen molar-refractivity contribution in [3.8, 4) is 0 Å². The molecule has 3 aromatic rings. The zero-order valence-electron chi connectivity index (χ0n) is 15.8. The number of hydrogen-bond acceptors (Lipinski definition) is 1. The summed E-state index contributed by atoms with van der Waals surface area (Å²) in [7, 11) is 0. The Morgan fingerprint density at radius 2 is 1.29 bits per heavy atom. The maximum atomic E-state index is 14.1. The van der Waals surface area contributed by atoms with Crippen molar-refractivity contribution >= 4 is 0 Å². The Kier molecular flexibility index (Phi) is 5.82. The van der Waals surface area contributed by atoms with Gasteiger partial charge in [0, 0.05) is 12.1 Å². The van der Waals surface area contributed by atoms with Gasteiger partial charge < -0.3 is 5.32 Å². The van der Waals surface area contributed by atoms with Crippen LogP contribution in [0, 0.1) is 11.6 Å². The Morgan fingerprint density at radius 1 is 0.714 bits per heavy atom. The molecule has 1 fully saturated rings. The highest BCUT2D eigenvalue weighted by atomic mass is 19.1. The fourth-order valence-electron chi connectivity index (χ4n) is 4.32. The standard InChI is InChI=1S/C25H25F2N/c26-21-13-16-23(24(27)17-21)18-11-14-22(15-12-18)28-25(19-7-3-1-4-8-19)20-9-5-2-6-10-20/h1-10,13,16-18,22,25,28H,11-12,14-15H2. The third-order valence-electron chi connectivity index (χ3n) is 5.80. The summed E-state index contributed by atoms with van der Waals surface area (Å²) in [5.41, 5.74) is 3.16. The Labute approximate surface area is 165 Å². The van der Waals surface area contributed by atoms with Gasteiger partial charge in [-0.1, -0.05) is 66.7 Å². The van der Waals surface area contributed by atoms with E-state index in [0.29, 0.717) is 11.6 Å². The fraction of sp³-hybridized carbons (Fsp3) is 0.280. The van der Waals surface area contributed by atoms with Gasteiger partial charge in [-0.05, 0) is 54.4 Å². The van der Waals surface area contributed by atoms with Crippen molar-refractivity contribution in [1.82, 2.24) is 5.32 Å². The maximum absolute atomic E-state index is 14.1. The van der Waals surface area contributed by atoms with Crippen molar-refractivity contribution in [1.29, 1.82) is 0 Å². The van der Waals surface area contributed by atoms with Crippen molar-refractivity contribution in [2.24, 2.45) is 0 Å². The predicted molar refractivity (Wildman–Crippen MR) is 109 cm³/mol. The minimum atomic E-state index is -0.509. The highest BCUT2D eigenvalue weighted by Crippen LogP contribution is 2.35. The molecule has 0 amide bonds. The zero-order chi connectivity index (χ0) is 19.3. The molecule has 1 aliphatic carbocycles. The van der Waals surface area contributed by atoms with Gasteiger partial charge in [-0.2, -0.15) is 0 Å². The molecule has 1 aliphatic rings. The zero-order valence-corrected chi connectivity index (χ0v) is 15.8. The molecule has 0 bridgehead atoms. The lowest BCUT2D eigenvalue weighted by Gasteiger charge is -2.33. The van der Waals surface area contributed by atoms with Gasteiger partial charge in [-0.25, -0.2) is 8.78 Å². The first kappa shape index (κ1) is 18.8. The summed E-state index contributed by atoms with van der Waals surface area (Å²) in [5.74, 6) is -0.751. The van der Waals surface area contributed by atoms with Crippen LogP contribution >= 0.6 is 0 Å². The number of rotatable bonds is 5. The molecule has 3 heteroatoms. The van der Waals surface area contributed by atoms with E-state index in [1.165, 1.54) is 17.2 Å². The van der Waals surface area contributed by atoms with Crippen LogP contribution in [0.4, 0.5) is 8.78 Å². The molecule has 0 unspecified atom stereocenters. The second kappa shape index (κ2) is 8.66. The maximum Gasteiger partial charge on any atom is 0.129 e. The molecule has 1 saturated carbocycles. The molecule has 3 aromatic carbocycles. The summed E-state index contributed by atoms with van der Waals surface area (Å²) >= 11 is 0. The van der Waals surface area contributed by atoms with Gasteiger partial charge in [-0.3, -0.25) is 0 Å². The molecule has 4 rings (SSSR count). The number of halogens is 2. The van der Waals surface area contributed by atoms with E-state index in [1.807, 2.05) is 12.1 Å². The van der Waals surface area contributed by atoms with E-state index < -0.39 is 11.6 Å².